The molecule has 1 unspecified atom stereocenters. The highest BCUT2D eigenvalue weighted by atomic mass is 19.1. The van der Waals surface area contributed by atoms with Crippen LogP contribution in [-0.2, 0) is 6.42 Å². The monoisotopic (exact) mass is 242 g/mol. The Balaban J connectivity index is 2.63. The fraction of sp³-hybridized carbons (Fsp3) is 0.538. The lowest BCUT2D eigenvalue weighted by Crippen LogP contribution is -2.37. The number of halogens is 2. The van der Waals surface area contributed by atoms with Crippen molar-refractivity contribution in [2.24, 2.45) is 11.8 Å². The van der Waals surface area contributed by atoms with Gasteiger partial charge >= 0.3 is 0 Å². The van der Waals surface area contributed by atoms with Crippen LogP contribution in [0.3, 0.4) is 0 Å². The van der Waals surface area contributed by atoms with Gasteiger partial charge in [-0.2, -0.15) is 0 Å². The zero-order chi connectivity index (χ0) is 12.8. The van der Waals surface area contributed by atoms with Crippen LogP contribution in [0.1, 0.15) is 32.3 Å². The van der Waals surface area contributed by atoms with Crippen LogP contribution < -0.4 is 11.3 Å². The van der Waals surface area contributed by atoms with Crippen LogP contribution in [0, 0.1) is 17.6 Å². The van der Waals surface area contributed by atoms with Gasteiger partial charge < -0.3 is 0 Å². The average Bonchev–Trinajstić information content (AvgIpc) is 2.28. The number of hydrogen-bond acceptors (Lipinski definition) is 2. The minimum absolute atomic E-state index is 0.0197. The molecule has 0 spiro atoms. The molecule has 0 radical (unpaired) electrons. The lowest BCUT2D eigenvalue weighted by molar-refractivity contribution is 0.428. The van der Waals surface area contributed by atoms with Crippen molar-refractivity contribution in [2.75, 3.05) is 0 Å². The highest BCUT2D eigenvalue weighted by Crippen LogP contribution is 2.15. The Hall–Kier alpha value is -1.00. The van der Waals surface area contributed by atoms with E-state index in [4.69, 9.17) is 5.84 Å². The van der Waals surface area contributed by atoms with Crippen LogP contribution in [0.4, 0.5) is 8.78 Å². The number of hydrazine groups is 1. The van der Waals surface area contributed by atoms with Crippen LogP contribution in [0.2, 0.25) is 0 Å². The molecule has 0 fully saturated rings. The van der Waals surface area contributed by atoms with E-state index in [9.17, 15) is 8.78 Å². The van der Waals surface area contributed by atoms with Gasteiger partial charge in [0.25, 0.3) is 0 Å². The fourth-order valence-corrected chi connectivity index (χ4v) is 1.74. The minimum atomic E-state index is -0.416. The molecule has 0 saturated carbocycles. The number of rotatable bonds is 6. The second-order valence-corrected chi connectivity index (χ2v) is 4.77. The highest BCUT2D eigenvalue weighted by molar-refractivity contribution is 5.19. The van der Waals surface area contributed by atoms with Crippen molar-refractivity contribution < 1.29 is 8.78 Å². The molecule has 1 aromatic carbocycles. The molecule has 0 aromatic heterocycles. The summed E-state index contributed by atoms with van der Waals surface area (Å²) in [6.07, 6.45) is 2.27. The molecule has 1 rings (SSSR count). The van der Waals surface area contributed by atoms with Crippen molar-refractivity contribution in [1.29, 1.82) is 0 Å². The molecule has 0 aliphatic carbocycles. The Morgan fingerprint density at radius 1 is 1.24 bits per heavy atom. The summed E-state index contributed by atoms with van der Waals surface area (Å²) in [5.74, 6) is 5.21. The minimum Gasteiger partial charge on any atom is -0.271 e. The van der Waals surface area contributed by atoms with E-state index >= 15 is 0 Å². The van der Waals surface area contributed by atoms with Crippen LogP contribution in [0.15, 0.2) is 18.2 Å². The van der Waals surface area contributed by atoms with E-state index in [0.717, 1.165) is 25.0 Å². The second kappa shape index (κ2) is 6.67. The van der Waals surface area contributed by atoms with Crippen LogP contribution in [0.25, 0.3) is 0 Å². The second-order valence-electron chi connectivity index (χ2n) is 4.77. The van der Waals surface area contributed by atoms with E-state index < -0.39 is 5.82 Å². The van der Waals surface area contributed by atoms with E-state index in [1.165, 1.54) is 6.07 Å². The summed E-state index contributed by atoms with van der Waals surface area (Å²) in [7, 11) is 0. The van der Waals surface area contributed by atoms with Crippen molar-refractivity contribution in [1.82, 2.24) is 5.43 Å². The van der Waals surface area contributed by atoms with Gasteiger partial charge in [-0.1, -0.05) is 13.8 Å². The quantitative estimate of drug-likeness (QED) is 0.594. The van der Waals surface area contributed by atoms with Crippen LogP contribution in [-0.4, -0.2) is 6.04 Å². The van der Waals surface area contributed by atoms with Crippen molar-refractivity contribution in [3.8, 4) is 0 Å². The summed E-state index contributed by atoms with van der Waals surface area (Å²) in [4.78, 5) is 0. The summed E-state index contributed by atoms with van der Waals surface area (Å²) >= 11 is 0. The van der Waals surface area contributed by atoms with Crippen molar-refractivity contribution >= 4 is 0 Å². The Bertz CT molecular complexity index is 353. The molecule has 1 atom stereocenters. The molecule has 0 heterocycles. The Labute approximate surface area is 101 Å². The third kappa shape index (κ3) is 4.79. The average molecular weight is 242 g/mol. The Kier molecular flexibility index (Phi) is 5.51. The lowest BCUT2D eigenvalue weighted by atomic mass is 9.98. The van der Waals surface area contributed by atoms with Crippen LogP contribution in [0.5, 0.6) is 0 Å². The summed E-state index contributed by atoms with van der Waals surface area (Å²) < 4.78 is 26.4. The first-order chi connectivity index (χ1) is 8.02. The van der Waals surface area contributed by atoms with E-state index in [-0.39, 0.29) is 11.9 Å². The molecule has 0 amide bonds. The van der Waals surface area contributed by atoms with Gasteiger partial charge in [0.1, 0.15) is 11.6 Å². The molecule has 96 valence electrons. The first kappa shape index (κ1) is 14.1. The van der Waals surface area contributed by atoms with Crippen molar-refractivity contribution in [3.05, 3.63) is 35.4 Å². The maximum Gasteiger partial charge on any atom is 0.126 e. The molecule has 4 heteroatoms. The molecule has 0 bridgehead atoms. The number of nitrogens with two attached hydrogens (primary N) is 1. The van der Waals surface area contributed by atoms with Gasteiger partial charge in [-0.3, -0.25) is 11.3 Å². The van der Waals surface area contributed by atoms with Crippen molar-refractivity contribution in [2.45, 2.75) is 39.2 Å². The lowest BCUT2D eigenvalue weighted by Gasteiger charge is -2.17. The molecule has 1 aromatic rings. The molecule has 17 heavy (non-hydrogen) atoms. The zero-order valence-electron chi connectivity index (χ0n) is 10.3. The number of benzene rings is 1. The summed E-state index contributed by atoms with van der Waals surface area (Å²) in [5.41, 5.74) is 3.04. The normalized spacial score (nSPS) is 13.1. The fourth-order valence-electron chi connectivity index (χ4n) is 1.74. The zero-order valence-corrected chi connectivity index (χ0v) is 10.3. The maximum absolute atomic E-state index is 13.4. The number of hydrogen-bond donors (Lipinski definition) is 2. The largest absolute Gasteiger partial charge is 0.271 e. The van der Waals surface area contributed by atoms with Gasteiger partial charge in [-0.25, -0.2) is 8.78 Å². The third-order valence-corrected chi connectivity index (χ3v) is 2.80. The van der Waals surface area contributed by atoms with Crippen molar-refractivity contribution in [3.63, 3.8) is 0 Å². The van der Waals surface area contributed by atoms with E-state index in [1.54, 1.807) is 0 Å². The first-order valence-electron chi connectivity index (χ1n) is 5.93. The molecule has 0 aliphatic rings. The molecule has 0 aliphatic heterocycles. The first-order valence-corrected chi connectivity index (χ1v) is 5.93. The van der Waals surface area contributed by atoms with Gasteiger partial charge in [0, 0.05) is 6.04 Å². The van der Waals surface area contributed by atoms with Gasteiger partial charge in [0.2, 0.25) is 0 Å². The van der Waals surface area contributed by atoms with E-state index in [2.05, 4.69) is 19.3 Å². The predicted octanol–water partition coefficient (Wildman–Crippen LogP) is 2.78. The van der Waals surface area contributed by atoms with Gasteiger partial charge in [0.15, 0.2) is 0 Å². The topological polar surface area (TPSA) is 38.0 Å². The standard InChI is InChI=1S/C13H20F2N2/c1-9(2)3-5-12(17-16)8-10-7-11(14)4-6-13(10)15/h4,6-7,9,12,17H,3,5,8,16H2,1-2H3. The van der Waals surface area contributed by atoms with Gasteiger partial charge in [-0.15, -0.1) is 0 Å². The summed E-state index contributed by atoms with van der Waals surface area (Å²) in [6, 6.07) is 3.49. The molecule has 3 N–H and O–H groups in total. The smallest absolute Gasteiger partial charge is 0.126 e. The van der Waals surface area contributed by atoms with Crippen LogP contribution >= 0.6 is 0 Å². The Morgan fingerprint density at radius 3 is 2.53 bits per heavy atom. The van der Waals surface area contributed by atoms with Gasteiger partial charge in [0.05, 0.1) is 0 Å². The Morgan fingerprint density at radius 2 is 1.94 bits per heavy atom. The summed E-state index contributed by atoms with van der Waals surface area (Å²) in [6.45, 7) is 4.24. The maximum atomic E-state index is 13.4. The molecular formula is C13H20F2N2. The van der Waals surface area contributed by atoms with E-state index in [0.29, 0.717) is 17.9 Å². The molecular weight excluding hydrogens is 222 g/mol. The molecule has 2 nitrogen and oxygen atoms in total. The van der Waals surface area contributed by atoms with E-state index in [1.807, 2.05) is 0 Å². The SMILES string of the molecule is CC(C)CCC(Cc1cc(F)ccc1F)NN. The molecule has 0 saturated heterocycles. The van der Waals surface area contributed by atoms with Gasteiger partial charge in [-0.05, 0) is 48.9 Å². The highest BCUT2D eigenvalue weighted by Gasteiger charge is 2.12. The third-order valence-electron chi connectivity index (χ3n) is 2.80. The predicted molar refractivity (Wildman–Crippen MR) is 65.2 cm³/mol. The number of nitrogens with one attached hydrogen (secondary N) is 1. The summed E-state index contributed by atoms with van der Waals surface area (Å²) in [5, 5.41) is 0.